The van der Waals surface area contributed by atoms with E-state index in [9.17, 15) is 14.7 Å². The Bertz CT molecular complexity index is 581. The van der Waals surface area contributed by atoms with Crippen molar-refractivity contribution in [1.82, 2.24) is 4.90 Å². The van der Waals surface area contributed by atoms with Gasteiger partial charge < -0.3 is 14.9 Å². The van der Waals surface area contributed by atoms with Crippen molar-refractivity contribution in [2.75, 3.05) is 25.0 Å². The Morgan fingerprint density at radius 1 is 1.38 bits per heavy atom. The number of fused-ring (bicyclic) bond motifs is 1. The lowest BCUT2D eigenvalue weighted by Gasteiger charge is -2.32. The van der Waals surface area contributed by atoms with Gasteiger partial charge in [-0.1, -0.05) is 6.07 Å². The lowest BCUT2D eigenvalue weighted by atomic mass is 9.96. The lowest BCUT2D eigenvalue weighted by Crippen LogP contribution is -2.41. The van der Waals surface area contributed by atoms with E-state index in [1.54, 1.807) is 12.1 Å². The van der Waals surface area contributed by atoms with Crippen LogP contribution >= 0.6 is 0 Å². The quantitative estimate of drug-likeness (QED) is 0.917. The number of nitrogens with zero attached hydrogens (tertiary/aromatic N) is 2. The number of hydrogen-bond donors (Lipinski definition) is 1. The zero-order valence-corrected chi connectivity index (χ0v) is 12.2. The Balaban J connectivity index is 1.82. The molecule has 1 aliphatic carbocycles. The molecule has 0 aromatic heterocycles. The number of carboxylic acids is 1. The average molecular weight is 288 g/mol. The van der Waals surface area contributed by atoms with Crippen LogP contribution in [0.5, 0.6) is 0 Å². The average Bonchev–Trinajstić information content (AvgIpc) is 3.30. The Kier molecular flexibility index (Phi) is 3.57. The minimum atomic E-state index is -0.893. The largest absolute Gasteiger partial charge is 0.478 e. The van der Waals surface area contributed by atoms with E-state index in [1.807, 2.05) is 22.9 Å². The Morgan fingerprint density at radius 2 is 2.14 bits per heavy atom. The van der Waals surface area contributed by atoms with E-state index in [4.69, 9.17) is 0 Å². The van der Waals surface area contributed by atoms with Crippen LogP contribution in [0, 0.1) is 0 Å². The SMILES string of the molecule is CN(C(=O)CN1CCCc2c(C(=O)O)cccc21)C1CC1. The minimum absolute atomic E-state index is 0.117. The second-order valence-electron chi connectivity index (χ2n) is 5.87. The van der Waals surface area contributed by atoms with Gasteiger partial charge in [0.1, 0.15) is 0 Å². The molecule has 21 heavy (non-hydrogen) atoms. The predicted molar refractivity (Wildman–Crippen MR) is 79.7 cm³/mol. The van der Waals surface area contributed by atoms with Crippen LogP contribution in [0.3, 0.4) is 0 Å². The summed E-state index contributed by atoms with van der Waals surface area (Å²) < 4.78 is 0. The molecule has 1 N–H and O–H groups in total. The van der Waals surface area contributed by atoms with E-state index < -0.39 is 5.97 Å². The number of anilines is 1. The highest BCUT2D eigenvalue weighted by molar-refractivity contribution is 5.92. The summed E-state index contributed by atoms with van der Waals surface area (Å²) >= 11 is 0. The molecule has 2 aliphatic rings. The molecule has 0 radical (unpaired) electrons. The molecule has 5 heteroatoms. The number of rotatable bonds is 4. The second-order valence-corrected chi connectivity index (χ2v) is 5.87. The van der Waals surface area contributed by atoms with Gasteiger partial charge in [-0.15, -0.1) is 0 Å². The standard InChI is InChI=1S/C16H20N2O3/c1-17(11-7-8-11)15(19)10-18-9-3-5-12-13(16(20)21)4-2-6-14(12)18/h2,4,6,11H,3,5,7-10H2,1H3,(H,20,21). The molecule has 1 aliphatic heterocycles. The second kappa shape index (κ2) is 5.39. The van der Waals surface area contributed by atoms with Gasteiger partial charge in [0, 0.05) is 25.3 Å². The van der Waals surface area contributed by atoms with Crippen LogP contribution in [-0.4, -0.2) is 48.1 Å². The predicted octanol–water partition coefficient (Wildman–Crippen LogP) is 1.76. The Morgan fingerprint density at radius 3 is 2.81 bits per heavy atom. The van der Waals surface area contributed by atoms with Crippen molar-refractivity contribution in [2.45, 2.75) is 31.7 Å². The number of benzene rings is 1. The van der Waals surface area contributed by atoms with Gasteiger partial charge in [-0.25, -0.2) is 4.79 Å². The molecular formula is C16H20N2O3. The van der Waals surface area contributed by atoms with Gasteiger partial charge in [0.05, 0.1) is 12.1 Å². The monoisotopic (exact) mass is 288 g/mol. The molecule has 1 aromatic rings. The molecule has 1 fully saturated rings. The van der Waals surface area contributed by atoms with Gasteiger partial charge in [-0.3, -0.25) is 4.79 Å². The van der Waals surface area contributed by atoms with Crippen molar-refractivity contribution in [3.63, 3.8) is 0 Å². The molecule has 0 bridgehead atoms. The highest BCUT2D eigenvalue weighted by atomic mass is 16.4. The normalized spacial score (nSPS) is 17.3. The van der Waals surface area contributed by atoms with Crippen molar-refractivity contribution in [1.29, 1.82) is 0 Å². The summed E-state index contributed by atoms with van der Waals surface area (Å²) in [5.74, 6) is -0.777. The molecular weight excluding hydrogens is 268 g/mol. The van der Waals surface area contributed by atoms with Crippen LogP contribution < -0.4 is 4.90 Å². The van der Waals surface area contributed by atoms with Gasteiger partial charge in [-0.2, -0.15) is 0 Å². The summed E-state index contributed by atoms with van der Waals surface area (Å²) in [6.07, 6.45) is 3.85. The van der Waals surface area contributed by atoms with E-state index in [1.165, 1.54) is 0 Å². The highest BCUT2D eigenvalue weighted by Crippen LogP contribution is 2.31. The van der Waals surface area contributed by atoms with E-state index in [-0.39, 0.29) is 5.91 Å². The topological polar surface area (TPSA) is 60.9 Å². The minimum Gasteiger partial charge on any atom is -0.478 e. The maximum atomic E-state index is 12.3. The maximum Gasteiger partial charge on any atom is 0.336 e. The van der Waals surface area contributed by atoms with E-state index in [2.05, 4.69) is 0 Å². The molecule has 3 rings (SSSR count). The van der Waals surface area contributed by atoms with E-state index >= 15 is 0 Å². The summed E-state index contributed by atoms with van der Waals surface area (Å²) in [6.45, 7) is 1.14. The number of hydrogen-bond acceptors (Lipinski definition) is 3. The number of aromatic carboxylic acids is 1. The Labute approximate surface area is 124 Å². The summed E-state index contributed by atoms with van der Waals surface area (Å²) in [6, 6.07) is 5.73. The van der Waals surface area contributed by atoms with Gasteiger partial charge in [0.2, 0.25) is 5.91 Å². The number of amides is 1. The number of carbonyl (C=O) groups excluding carboxylic acids is 1. The summed E-state index contributed by atoms with van der Waals surface area (Å²) in [7, 11) is 1.86. The zero-order valence-electron chi connectivity index (χ0n) is 12.2. The number of likely N-dealkylation sites (N-methyl/N-ethyl adjacent to an activating group) is 1. The third-order valence-corrected chi connectivity index (χ3v) is 4.39. The van der Waals surface area contributed by atoms with Crippen LogP contribution in [0.4, 0.5) is 5.69 Å². The van der Waals surface area contributed by atoms with E-state index in [0.717, 1.165) is 43.5 Å². The van der Waals surface area contributed by atoms with E-state index in [0.29, 0.717) is 18.2 Å². The van der Waals surface area contributed by atoms with Crippen LogP contribution in [0.2, 0.25) is 0 Å². The van der Waals surface area contributed by atoms with Crippen LogP contribution in [0.25, 0.3) is 0 Å². The van der Waals surface area contributed by atoms with Crippen LogP contribution in [-0.2, 0) is 11.2 Å². The molecule has 0 atom stereocenters. The van der Waals surface area contributed by atoms with Crippen LogP contribution in [0.1, 0.15) is 35.2 Å². The fourth-order valence-corrected chi connectivity index (χ4v) is 3.01. The number of carboxylic acid groups (broad SMARTS) is 1. The summed E-state index contributed by atoms with van der Waals surface area (Å²) in [4.78, 5) is 27.5. The van der Waals surface area contributed by atoms with Crippen molar-refractivity contribution >= 4 is 17.6 Å². The molecule has 112 valence electrons. The number of carbonyl (C=O) groups is 2. The smallest absolute Gasteiger partial charge is 0.336 e. The fraction of sp³-hybridized carbons (Fsp3) is 0.500. The molecule has 0 saturated heterocycles. The van der Waals surface area contributed by atoms with Crippen molar-refractivity contribution < 1.29 is 14.7 Å². The zero-order chi connectivity index (χ0) is 15.0. The molecule has 0 spiro atoms. The van der Waals surface area contributed by atoms with Crippen molar-refractivity contribution in [3.8, 4) is 0 Å². The maximum absolute atomic E-state index is 12.3. The first kappa shape index (κ1) is 13.9. The fourth-order valence-electron chi connectivity index (χ4n) is 3.01. The van der Waals surface area contributed by atoms with Gasteiger partial charge in [-0.05, 0) is 43.4 Å². The van der Waals surface area contributed by atoms with Gasteiger partial charge in [0.15, 0.2) is 0 Å². The van der Waals surface area contributed by atoms with Crippen molar-refractivity contribution in [2.24, 2.45) is 0 Å². The molecule has 1 amide bonds. The van der Waals surface area contributed by atoms with Gasteiger partial charge in [0.25, 0.3) is 0 Å². The molecule has 1 saturated carbocycles. The molecule has 5 nitrogen and oxygen atoms in total. The third-order valence-electron chi connectivity index (χ3n) is 4.39. The summed E-state index contributed by atoms with van der Waals surface area (Å²) in [5, 5.41) is 9.28. The third kappa shape index (κ3) is 2.73. The lowest BCUT2D eigenvalue weighted by molar-refractivity contribution is -0.128. The van der Waals surface area contributed by atoms with Crippen molar-refractivity contribution in [3.05, 3.63) is 29.3 Å². The molecule has 1 heterocycles. The van der Waals surface area contributed by atoms with Crippen LogP contribution in [0.15, 0.2) is 18.2 Å². The molecule has 0 unspecified atom stereocenters. The molecule has 1 aromatic carbocycles. The van der Waals surface area contributed by atoms with Gasteiger partial charge >= 0.3 is 5.97 Å². The highest BCUT2D eigenvalue weighted by Gasteiger charge is 2.31. The summed E-state index contributed by atoms with van der Waals surface area (Å²) in [5.41, 5.74) is 2.12. The Hall–Kier alpha value is -2.04. The first-order valence-electron chi connectivity index (χ1n) is 7.43. The first-order valence-corrected chi connectivity index (χ1v) is 7.43. The first-order chi connectivity index (χ1) is 10.1.